The second-order valence-electron chi connectivity index (χ2n) is 3.00. The first kappa shape index (κ1) is 8.97. The molecule has 0 N–H and O–H groups in total. The Labute approximate surface area is 71.8 Å². The van der Waals surface area contributed by atoms with E-state index in [2.05, 4.69) is 4.98 Å². The van der Waals surface area contributed by atoms with Gasteiger partial charge >= 0.3 is 0 Å². The quantitative estimate of drug-likeness (QED) is 0.649. The SMILES string of the molecule is CCC(=O)c1coc(C(C)C)n1. The fourth-order valence-corrected chi connectivity index (χ4v) is 0.862. The molecule has 1 heterocycles. The number of rotatable bonds is 3. The van der Waals surface area contributed by atoms with E-state index in [-0.39, 0.29) is 11.7 Å². The third-order valence-electron chi connectivity index (χ3n) is 1.62. The van der Waals surface area contributed by atoms with Crippen molar-refractivity contribution in [3.63, 3.8) is 0 Å². The molecule has 0 amide bonds. The van der Waals surface area contributed by atoms with Gasteiger partial charge in [0.25, 0.3) is 0 Å². The van der Waals surface area contributed by atoms with Crippen molar-refractivity contribution in [2.45, 2.75) is 33.1 Å². The molecule has 66 valence electrons. The fourth-order valence-electron chi connectivity index (χ4n) is 0.862. The third kappa shape index (κ3) is 1.72. The monoisotopic (exact) mass is 167 g/mol. The number of carbonyl (C=O) groups excluding carboxylic acids is 1. The Morgan fingerprint density at radius 1 is 1.67 bits per heavy atom. The second-order valence-corrected chi connectivity index (χ2v) is 3.00. The van der Waals surface area contributed by atoms with Crippen LogP contribution in [0.15, 0.2) is 10.7 Å². The predicted molar refractivity (Wildman–Crippen MR) is 45.2 cm³/mol. The Balaban J connectivity index is 2.84. The molecule has 0 fully saturated rings. The number of Topliss-reactive ketones (excluding diaryl/α,β-unsaturated/α-hetero) is 1. The lowest BCUT2D eigenvalue weighted by atomic mass is 10.2. The van der Waals surface area contributed by atoms with E-state index in [4.69, 9.17) is 4.42 Å². The Bertz CT molecular complexity index is 276. The highest BCUT2D eigenvalue weighted by Gasteiger charge is 2.11. The zero-order chi connectivity index (χ0) is 9.14. The number of carbonyl (C=O) groups is 1. The zero-order valence-electron chi connectivity index (χ0n) is 7.63. The van der Waals surface area contributed by atoms with Gasteiger partial charge < -0.3 is 4.42 Å². The fraction of sp³-hybridized carbons (Fsp3) is 0.556. The maximum absolute atomic E-state index is 11.1. The van der Waals surface area contributed by atoms with Gasteiger partial charge in [0.1, 0.15) is 12.0 Å². The lowest BCUT2D eigenvalue weighted by Gasteiger charge is -1.94. The number of oxazole rings is 1. The molecule has 0 atom stereocenters. The van der Waals surface area contributed by atoms with E-state index in [1.807, 2.05) is 20.8 Å². The third-order valence-corrected chi connectivity index (χ3v) is 1.62. The van der Waals surface area contributed by atoms with E-state index in [1.165, 1.54) is 6.26 Å². The Morgan fingerprint density at radius 2 is 2.33 bits per heavy atom. The van der Waals surface area contributed by atoms with E-state index in [9.17, 15) is 4.79 Å². The lowest BCUT2D eigenvalue weighted by molar-refractivity contribution is 0.0983. The van der Waals surface area contributed by atoms with Gasteiger partial charge in [-0.25, -0.2) is 4.98 Å². The summed E-state index contributed by atoms with van der Waals surface area (Å²) in [6, 6.07) is 0. The van der Waals surface area contributed by atoms with Crippen LogP contribution in [0.1, 0.15) is 49.5 Å². The molecule has 12 heavy (non-hydrogen) atoms. The minimum absolute atomic E-state index is 0.0330. The summed E-state index contributed by atoms with van der Waals surface area (Å²) in [6.07, 6.45) is 1.91. The van der Waals surface area contributed by atoms with Gasteiger partial charge in [0.05, 0.1) is 0 Å². The number of aromatic nitrogens is 1. The molecule has 0 unspecified atom stereocenters. The van der Waals surface area contributed by atoms with Gasteiger partial charge in [0.2, 0.25) is 0 Å². The van der Waals surface area contributed by atoms with Crippen molar-refractivity contribution in [1.29, 1.82) is 0 Å². The number of nitrogens with zero attached hydrogens (tertiary/aromatic N) is 1. The smallest absolute Gasteiger partial charge is 0.197 e. The van der Waals surface area contributed by atoms with Crippen LogP contribution >= 0.6 is 0 Å². The van der Waals surface area contributed by atoms with Crippen LogP contribution in [-0.4, -0.2) is 10.8 Å². The number of hydrogen-bond acceptors (Lipinski definition) is 3. The largest absolute Gasteiger partial charge is 0.448 e. The maximum atomic E-state index is 11.1. The van der Waals surface area contributed by atoms with Crippen LogP contribution in [0.3, 0.4) is 0 Å². The number of hydrogen-bond donors (Lipinski definition) is 0. The van der Waals surface area contributed by atoms with E-state index >= 15 is 0 Å². The first-order valence-corrected chi connectivity index (χ1v) is 4.13. The van der Waals surface area contributed by atoms with Crippen molar-refractivity contribution in [1.82, 2.24) is 4.98 Å². The van der Waals surface area contributed by atoms with Gasteiger partial charge in [-0.15, -0.1) is 0 Å². The molecular weight excluding hydrogens is 154 g/mol. The van der Waals surface area contributed by atoms with Crippen LogP contribution in [-0.2, 0) is 0 Å². The summed E-state index contributed by atoms with van der Waals surface area (Å²) in [6.45, 7) is 5.77. The summed E-state index contributed by atoms with van der Waals surface area (Å²) in [5, 5.41) is 0. The van der Waals surface area contributed by atoms with Crippen LogP contribution in [0.5, 0.6) is 0 Å². The average Bonchev–Trinajstić information content (AvgIpc) is 2.51. The first-order valence-electron chi connectivity index (χ1n) is 4.13. The van der Waals surface area contributed by atoms with Gasteiger partial charge in [-0.2, -0.15) is 0 Å². The van der Waals surface area contributed by atoms with E-state index in [0.29, 0.717) is 18.0 Å². The van der Waals surface area contributed by atoms with Crippen LogP contribution < -0.4 is 0 Å². The summed E-state index contributed by atoms with van der Waals surface area (Å²) < 4.78 is 5.12. The van der Waals surface area contributed by atoms with Crippen LogP contribution in [0.4, 0.5) is 0 Å². The Morgan fingerprint density at radius 3 is 2.75 bits per heavy atom. The summed E-state index contributed by atoms with van der Waals surface area (Å²) >= 11 is 0. The standard InChI is InChI=1S/C9H13NO2/c1-4-8(11)7-5-12-9(10-7)6(2)3/h5-6H,4H2,1-3H3. The number of ketones is 1. The molecule has 3 heteroatoms. The molecule has 0 radical (unpaired) electrons. The van der Waals surface area contributed by atoms with Gasteiger partial charge in [-0.05, 0) is 0 Å². The molecule has 0 bridgehead atoms. The summed E-state index contributed by atoms with van der Waals surface area (Å²) in [7, 11) is 0. The molecule has 0 aromatic carbocycles. The topological polar surface area (TPSA) is 43.1 Å². The van der Waals surface area contributed by atoms with Crippen molar-refractivity contribution in [3.05, 3.63) is 17.8 Å². The van der Waals surface area contributed by atoms with Crippen molar-refractivity contribution >= 4 is 5.78 Å². The van der Waals surface area contributed by atoms with Crippen molar-refractivity contribution in [2.75, 3.05) is 0 Å². The van der Waals surface area contributed by atoms with Gasteiger partial charge in [-0.3, -0.25) is 4.79 Å². The minimum atomic E-state index is 0.0330. The molecule has 0 aliphatic carbocycles. The molecule has 0 aliphatic heterocycles. The lowest BCUT2D eigenvalue weighted by Crippen LogP contribution is -1.97. The molecule has 1 rings (SSSR count). The van der Waals surface area contributed by atoms with Gasteiger partial charge in [0, 0.05) is 12.3 Å². The van der Waals surface area contributed by atoms with E-state index in [0.717, 1.165) is 0 Å². The molecule has 1 aromatic heterocycles. The van der Waals surface area contributed by atoms with Crippen LogP contribution in [0.2, 0.25) is 0 Å². The van der Waals surface area contributed by atoms with Gasteiger partial charge in [0.15, 0.2) is 11.7 Å². The Hall–Kier alpha value is -1.12. The summed E-state index contributed by atoms with van der Waals surface area (Å²) in [5.41, 5.74) is 0.446. The molecule has 1 aromatic rings. The maximum Gasteiger partial charge on any atom is 0.197 e. The van der Waals surface area contributed by atoms with Gasteiger partial charge in [-0.1, -0.05) is 20.8 Å². The molecule has 0 aliphatic rings. The van der Waals surface area contributed by atoms with Crippen molar-refractivity contribution in [3.8, 4) is 0 Å². The summed E-state index contributed by atoms with van der Waals surface area (Å²) in [4.78, 5) is 15.2. The second kappa shape index (κ2) is 3.52. The van der Waals surface area contributed by atoms with Crippen molar-refractivity contribution < 1.29 is 9.21 Å². The predicted octanol–water partition coefficient (Wildman–Crippen LogP) is 2.39. The highest BCUT2D eigenvalue weighted by Crippen LogP contribution is 2.13. The average molecular weight is 167 g/mol. The molecule has 0 saturated carbocycles. The van der Waals surface area contributed by atoms with Crippen LogP contribution in [0.25, 0.3) is 0 Å². The van der Waals surface area contributed by atoms with E-state index in [1.54, 1.807) is 0 Å². The molecule has 0 saturated heterocycles. The van der Waals surface area contributed by atoms with E-state index < -0.39 is 0 Å². The normalized spacial score (nSPS) is 10.7. The Kier molecular flexibility index (Phi) is 2.63. The van der Waals surface area contributed by atoms with Crippen molar-refractivity contribution in [2.24, 2.45) is 0 Å². The molecule has 3 nitrogen and oxygen atoms in total. The highest BCUT2D eigenvalue weighted by atomic mass is 16.3. The minimum Gasteiger partial charge on any atom is -0.448 e. The van der Waals surface area contributed by atoms with Crippen LogP contribution in [0, 0.1) is 0 Å². The summed E-state index contributed by atoms with van der Waals surface area (Å²) in [5.74, 6) is 0.904. The first-order chi connectivity index (χ1) is 5.65. The molecular formula is C9H13NO2. The zero-order valence-corrected chi connectivity index (χ0v) is 7.63. The molecule has 0 spiro atoms. The highest BCUT2D eigenvalue weighted by molar-refractivity contribution is 5.93.